The zero-order valence-electron chi connectivity index (χ0n) is 10.9. The van der Waals surface area contributed by atoms with Gasteiger partial charge in [-0.25, -0.2) is 4.39 Å². The van der Waals surface area contributed by atoms with Crippen LogP contribution in [0.25, 0.3) is 0 Å². The molecule has 7 heteroatoms. The topological polar surface area (TPSA) is 55.2 Å². The molecule has 0 radical (unpaired) electrons. The van der Waals surface area contributed by atoms with E-state index in [2.05, 4.69) is 37.2 Å². The highest BCUT2D eigenvalue weighted by molar-refractivity contribution is 9.10. The standard InChI is InChI=1S/C14H11Br2FN2O2/c1-8(11-4-2-9(17)6-12(11)15)18-10-3-5-14(19(20)21)13(16)7-10/h2-8,18H,1H3. The molecule has 0 aromatic heterocycles. The monoisotopic (exact) mass is 416 g/mol. The highest BCUT2D eigenvalue weighted by Gasteiger charge is 2.14. The van der Waals surface area contributed by atoms with Gasteiger partial charge in [-0.15, -0.1) is 0 Å². The normalized spacial score (nSPS) is 12.0. The zero-order chi connectivity index (χ0) is 15.6. The number of rotatable bonds is 4. The molecular formula is C14H11Br2FN2O2. The number of nitrogens with zero attached hydrogens (tertiary/aromatic N) is 1. The van der Waals surface area contributed by atoms with E-state index in [4.69, 9.17) is 0 Å². The SMILES string of the molecule is CC(Nc1ccc([N+](=O)[O-])c(Br)c1)c1ccc(F)cc1Br. The van der Waals surface area contributed by atoms with Crippen LogP contribution in [0.2, 0.25) is 0 Å². The van der Waals surface area contributed by atoms with Gasteiger partial charge in [-0.05, 0) is 52.7 Å². The second-order valence-corrected chi connectivity index (χ2v) is 6.16. The first-order valence-electron chi connectivity index (χ1n) is 6.04. The Labute approximate surface area is 137 Å². The number of benzene rings is 2. The van der Waals surface area contributed by atoms with Crippen LogP contribution >= 0.6 is 31.9 Å². The highest BCUT2D eigenvalue weighted by atomic mass is 79.9. The molecule has 1 atom stereocenters. The molecule has 2 rings (SSSR count). The van der Waals surface area contributed by atoms with Gasteiger partial charge in [0.2, 0.25) is 0 Å². The van der Waals surface area contributed by atoms with Gasteiger partial charge in [0.25, 0.3) is 5.69 Å². The minimum absolute atomic E-state index is 0.0103. The fourth-order valence-electron chi connectivity index (χ4n) is 1.93. The van der Waals surface area contributed by atoms with Crippen LogP contribution in [0.4, 0.5) is 15.8 Å². The maximum Gasteiger partial charge on any atom is 0.283 e. The summed E-state index contributed by atoms with van der Waals surface area (Å²) < 4.78 is 14.2. The van der Waals surface area contributed by atoms with Crippen LogP contribution in [0.3, 0.4) is 0 Å². The number of halogens is 3. The smallest absolute Gasteiger partial charge is 0.283 e. The first-order valence-corrected chi connectivity index (χ1v) is 7.62. The number of nitro benzene ring substituents is 1. The molecule has 0 amide bonds. The summed E-state index contributed by atoms with van der Waals surface area (Å²) in [5.74, 6) is -0.309. The molecule has 0 bridgehead atoms. The number of nitrogens with one attached hydrogen (secondary N) is 1. The van der Waals surface area contributed by atoms with E-state index in [1.165, 1.54) is 18.2 Å². The van der Waals surface area contributed by atoms with E-state index in [1.54, 1.807) is 18.2 Å². The van der Waals surface area contributed by atoms with Gasteiger partial charge in [0.15, 0.2) is 0 Å². The lowest BCUT2D eigenvalue weighted by Crippen LogP contribution is -2.07. The van der Waals surface area contributed by atoms with E-state index in [-0.39, 0.29) is 17.5 Å². The molecule has 2 aromatic rings. The molecule has 4 nitrogen and oxygen atoms in total. The van der Waals surface area contributed by atoms with Crippen molar-refractivity contribution in [3.63, 3.8) is 0 Å². The van der Waals surface area contributed by atoms with Gasteiger partial charge in [-0.1, -0.05) is 22.0 Å². The highest BCUT2D eigenvalue weighted by Crippen LogP contribution is 2.31. The van der Waals surface area contributed by atoms with E-state index in [0.717, 1.165) is 11.3 Å². The maximum absolute atomic E-state index is 13.1. The lowest BCUT2D eigenvalue weighted by molar-refractivity contribution is -0.385. The van der Waals surface area contributed by atoms with Crippen LogP contribution in [0.15, 0.2) is 45.3 Å². The molecule has 0 aliphatic carbocycles. The van der Waals surface area contributed by atoms with Crippen molar-refractivity contribution in [2.75, 3.05) is 5.32 Å². The third-order valence-corrected chi connectivity index (χ3v) is 4.28. The quantitative estimate of drug-likeness (QED) is 0.532. The van der Waals surface area contributed by atoms with Crippen LogP contribution < -0.4 is 5.32 Å². The fraction of sp³-hybridized carbons (Fsp3) is 0.143. The van der Waals surface area contributed by atoms with Crippen molar-refractivity contribution in [1.29, 1.82) is 0 Å². The second-order valence-electron chi connectivity index (χ2n) is 4.46. The Balaban J connectivity index is 2.21. The molecular weight excluding hydrogens is 407 g/mol. The van der Waals surface area contributed by atoms with E-state index < -0.39 is 4.92 Å². The van der Waals surface area contributed by atoms with Crippen LogP contribution in [-0.2, 0) is 0 Å². The van der Waals surface area contributed by atoms with E-state index in [0.29, 0.717) is 8.95 Å². The molecule has 0 saturated carbocycles. The molecule has 21 heavy (non-hydrogen) atoms. The minimum Gasteiger partial charge on any atom is -0.378 e. The summed E-state index contributed by atoms with van der Waals surface area (Å²) in [5, 5.41) is 14.0. The summed E-state index contributed by atoms with van der Waals surface area (Å²) >= 11 is 6.51. The fourth-order valence-corrected chi connectivity index (χ4v) is 3.14. The van der Waals surface area contributed by atoms with Gasteiger partial charge < -0.3 is 5.32 Å². The average molecular weight is 418 g/mol. The number of hydrogen-bond donors (Lipinski definition) is 1. The van der Waals surface area contributed by atoms with Gasteiger partial charge in [0, 0.05) is 22.3 Å². The average Bonchev–Trinajstić information content (AvgIpc) is 2.37. The predicted octanol–water partition coefficient (Wildman–Crippen LogP) is 5.43. The van der Waals surface area contributed by atoms with Gasteiger partial charge in [-0.2, -0.15) is 0 Å². The lowest BCUT2D eigenvalue weighted by atomic mass is 10.1. The Morgan fingerprint density at radius 2 is 1.90 bits per heavy atom. The van der Waals surface area contributed by atoms with Crippen molar-refractivity contribution >= 4 is 43.2 Å². The molecule has 0 aliphatic rings. The molecule has 0 spiro atoms. The minimum atomic E-state index is -0.451. The Morgan fingerprint density at radius 1 is 1.19 bits per heavy atom. The van der Waals surface area contributed by atoms with Crippen LogP contribution in [-0.4, -0.2) is 4.92 Å². The van der Waals surface area contributed by atoms with Crippen molar-refractivity contribution in [2.24, 2.45) is 0 Å². The Kier molecular flexibility index (Phi) is 4.95. The van der Waals surface area contributed by atoms with Crippen molar-refractivity contribution in [3.05, 3.63) is 66.8 Å². The van der Waals surface area contributed by atoms with Crippen LogP contribution in [0, 0.1) is 15.9 Å². The molecule has 0 heterocycles. The Bertz CT molecular complexity index is 695. The predicted molar refractivity (Wildman–Crippen MR) is 86.9 cm³/mol. The summed E-state index contributed by atoms with van der Waals surface area (Å²) in [7, 11) is 0. The van der Waals surface area contributed by atoms with Crippen molar-refractivity contribution in [3.8, 4) is 0 Å². The van der Waals surface area contributed by atoms with Gasteiger partial charge in [-0.3, -0.25) is 10.1 Å². The summed E-state index contributed by atoms with van der Waals surface area (Å²) in [6.07, 6.45) is 0. The Hall–Kier alpha value is -1.47. The number of anilines is 1. The van der Waals surface area contributed by atoms with Crippen LogP contribution in [0.1, 0.15) is 18.5 Å². The van der Waals surface area contributed by atoms with E-state index in [9.17, 15) is 14.5 Å². The summed E-state index contributed by atoms with van der Waals surface area (Å²) in [5.41, 5.74) is 1.64. The summed E-state index contributed by atoms with van der Waals surface area (Å²) in [6, 6.07) is 9.11. The van der Waals surface area contributed by atoms with Gasteiger partial charge in [0.1, 0.15) is 5.82 Å². The molecule has 0 fully saturated rings. The zero-order valence-corrected chi connectivity index (χ0v) is 14.1. The molecule has 2 aromatic carbocycles. The Morgan fingerprint density at radius 3 is 2.48 bits per heavy atom. The lowest BCUT2D eigenvalue weighted by Gasteiger charge is -2.17. The molecule has 0 saturated heterocycles. The number of hydrogen-bond acceptors (Lipinski definition) is 3. The van der Waals surface area contributed by atoms with Crippen molar-refractivity contribution in [2.45, 2.75) is 13.0 Å². The van der Waals surface area contributed by atoms with Crippen molar-refractivity contribution in [1.82, 2.24) is 0 Å². The van der Waals surface area contributed by atoms with E-state index >= 15 is 0 Å². The second kappa shape index (κ2) is 6.53. The maximum atomic E-state index is 13.1. The summed E-state index contributed by atoms with van der Waals surface area (Å²) in [6.45, 7) is 1.92. The number of nitro groups is 1. The molecule has 110 valence electrons. The first kappa shape index (κ1) is 15.9. The largest absolute Gasteiger partial charge is 0.378 e. The first-order chi connectivity index (χ1) is 9.88. The van der Waals surface area contributed by atoms with E-state index in [1.807, 2.05) is 6.92 Å². The third kappa shape index (κ3) is 3.79. The van der Waals surface area contributed by atoms with Crippen molar-refractivity contribution < 1.29 is 9.31 Å². The molecule has 1 N–H and O–H groups in total. The summed E-state index contributed by atoms with van der Waals surface area (Å²) in [4.78, 5) is 10.3. The van der Waals surface area contributed by atoms with Gasteiger partial charge in [0.05, 0.1) is 9.40 Å². The molecule has 0 aliphatic heterocycles. The van der Waals surface area contributed by atoms with Crippen LogP contribution in [0.5, 0.6) is 0 Å². The van der Waals surface area contributed by atoms with Gasteiger partial charge >= 0.3 is 0 Å². The molecule has 1 unspecified atom stereocenters. The third-order valence-electron chi connectivity index (χ3n) is 2.96.